The standard InChI is InChI=1S/C36H30NO2P.CH2Cl2/c1-25(27-13-5-3-6-14-27)37(26(2)28-15-7-4-8-16-28)40-38-33-23-21-29-17-9-11-19-31(29)35(33)36-32-20-12-10-18-30(32)22-24-34(36)39-40;2-1-3/h3-26H,1-2H3;1H2/t25-,26-;/m1./s1. The van der Waals surface area contributed by atoms with Gasteiger partial charge in [-0.1, -0.05) is 121 Å². The highest BCUT2D eigenvalue weighted by Gasteiger charge is 2.29. The minimum Gasteiger partial charge on any atom is -0.408 e. The van der Waals surface area contributed by atoms with Gasteiger partial charge in [0.1, 0.15) is 11.2 Å². The van der Waals surface area contributed by atoms with Crippen molar-refractivity contribution in [2.75, 3.05) is 10.0 Å². The topological polar surface area (TPSA) is 29.5 Å². The van der Waals surface area contributed by atoms with Crippen LogP contribution in [0, 0.1) is 0 Å². The molecule has 0 aliphatic rings. The van der Waals surface area contributed by atoms with Gasteiger partial charge in [0.2, 0.25) is 0 Å². The molecule has 3 nitrogen and oxygen atoms in total. The Kier molecular flexibility index (Phi) is 9.07. The van der Waals surface area contributed by atoms with Crippen molar-refractivity contribution >= 4 is 74.8 Å². The maximum absolute atomic E-state index is 7.01. The summed E-state index contributed by atoms with van der Waals surface area (Å²) in [7, 11) is -1.54. The van der Waals surface area contributed by atoms with E-state index in [-0.39, 0.29) is 17.4 Å². The molecular formula is C37H32Cl2NO2P. The fraction of sp³-hybridized carbons (Fsp3) is 0.135. The van der Waals surface area contributed by atoms with Crippen LogP contribution < -0.4 is 4.67 Å². The zero-order valence-electron chi connectivity index (χ0n) is 24.0. The summed E-state index contributed by atoms with van der Waals surface area (Å²) in [4.78, 5) is 0. The Morgan fingerprint density at radius 1 is 0.535 bits per heavy atom. The van der Waals surface area contributed by atoms with Crippen LogP contribution in [0.3, 0.4) is 0 Å². The van der Waals surface area contributed by atoms with Gasteiger partial charge in [0.25, 0.3) is 0 Å². The molecule has 1 aromatic heterocycles. The second-order valence-electron chi connectivity index (χ2n) is 10.4. The molecule has 0 unspecified atom stereocenters. The van der Waals surface area contributed by atoms with E-state index < -0.39 is 8.16 Å². The minimum absolute atomic E-state index is 0.0495. The molecule has 7 rings (SSSR count). The molecule has 0 N–H and O–H groups in total. The van der Waals surface area contributed by atoms with Crippen LogP contribution in [-0.4, -0.2) is 5.34 Å². The van der Waals surface area contributed by atoms with Crippen LogP contribution in [0.25, 0.3) is 43.5 Å². The molecule has 6 aromatic carbocycles. The van der Waals surface area contributed by atoms with Crippen LogP contribution in [0.5, 0.6) is 0 Å². The third-order valence-corrected chi connectivity index (χ3v) is 9.71. The van der Waals surface area contributed by atoms with Crippen molar-refractivity contribution in [1.29, 1.82) is 0 Å². The summed E-state index contributed by atoms with van der Waals surface area (Å²) in [5.74, 6) is 0. The van der Waals surface area contributed by atoms with E-state index in [1.165, 1.54) is 21.9 Å². The maximum Gasteiger partial charge on any atom is 0.310 e. The highest BCUT2D eigenvalue weighted by atomic mass is 35.5. The highest BCUT2D eigenvalue weighted by Crippen LogP contribution is 2.47. The average molecular weight is 625 g/mol. The van der Waals surface area contributed by atoms with Crippen LogP contribution in [0.1, 0.15) is 37.1 Å². The van der Waals surface area contributed by atoms with Gasteiger partial charge in [0, 0.05) is 22.9 Å². The van der Waals surface area contributed by atoms with E-state index in [1.54, 1.807) is 0 Å². The molecule has 0 radical (unpaired) electrons. The molecule has 0 fully saturated rings. The number of rotatable bonds is 5. The second kappa shape index (κ2) is 13.3. The Balaban J connectivity index is 0.00000105. The van der Waals surface area contributed by atoms with Gasteiger partial charge in [0.05, 0.1) is 5.34 Å². The molecule has 6 heteroatoms. The molecule has 216 valence electrons. The molecule has 0 bridgehead atoms. The number of benzene rings is 6. The van der Waals surface area contributed by atoms with E-state index in [4.69, 9.17) is 31.6 Å². The van der Waals surface area contributed by atoms with Crippen molar-refractivity contribution in [1.82, 2.24) is 0 Å². The van der Waals surface area contributed by atoms with E-state index >= 15 is 0 Å². The summed E-state index contributed by atoms with van der Waals surface area (Å²) in [5.41, 5.74) is 4.15. The first-order valence-electron chi connectivity index (χ1n) is 14.3. The summed E-state index contributed by atoms with van der Waals surface area (Å²) in [6.07, 6.45) is 0. The molecule has 7 aromatic rings. The summed E-state index contributed by atoms with van der Waals surface area (Å²) >= 11 is 9.53. The lowest BCUT2D eigenvalue weighted by molar-refractivity contribution is 0.558. The Labute approximate surface area is 262 Å². The number of fused-ring (bicyclic) bond motifs is 7. The molecule has 0 spiro atoms. The predicted molar refractivity (Wildman–Crippen MR) is 186 cm³/mol. The van der Waals surface area contributed by atoms with Gasteiger partial charge in [-0.15, -0.1) is 23.2 Å². The van der Waals surface area contributed by atoms with Crippen molar-refractivity contribution in [2.24, 2.45) is 0 Å². The summed E-state index contributed by atoms with van der Waals surface area (Å²) in [5, 5.41) is 7.07. The zero-order chi connectivity index (χ0) is 29.8. The summed E-state index contributed by atoms with van der Waals surface area (Å²) in [6, 6.07) is 47.0. The molecule has 0 saturated heterocycles. The first-order valence-corrected chi connectivity index (χ1v) is 16.5. The Morgan fingerprint density at radius 3 is 1.33 bits per heavy atom. The van der Waals surface area contributed by atoms with Gasteiger partial charge in [-0.2, -0.15) is 4.67 Å². The van der Waals surface area contributed by atoms with E-state index in [0.717, 1.165) is 32.7 Å². The van der Waals surface area contributed by atoms with E-state index in [9.17, 15) is 0 Å². The fourth-order valence-electron chi connectivity index (χ4n) is 5.84. The smallest absolute Gasteiger partial charge is 0.310 e. The largest absolute Gasteiger partial charge is 0.408 e. The summed E-state index contributed by atoms with van der Waals surface area (Å²) < 4.78 is 16.4. The molecule has 2 atom stereocenters. The van der Waals surface area contributed by atoms with E-state index in [0.29, 0.717) is 0 Å². The normalized spacial score (nSPS) is 12.8. The van der Waals surface area contributed by atoms with Gasteiger partial charge in [-0.3, -0.25) is 0 Å². The molecule has 0 amide bonds. The summed E-state index contributed by atoms with van der Waals surface area (Å²) in [6.45, 7) is 4.49. The Bertz CT molecular complexity index is 1890. The van der Waals surface area contributed by atoms with Gasteiger partial charge < -0.3 is 8.39 Å². The molecule has 0 saturated carbocycles. The molecule has 1 heterocycles. The van der Waals surface area contributed by atoms with Crippen LogP contribution in [0.15, 0.2) is 142 Å². The van der Waals surface area contributed by atoms with Gasteiger partial charge in [-0.25, -0.2) is 0 Å². The lowest BCUT2D eigenvalue weighted by Gasteiger charge is -2.31. The van der Waals surface area contributed by atoms with E-state index in [1.807, 2.05) is 0 Å². The molecule has 43 heavy (non-hydrogen) atoms. The number of hydrogen-bond donors (Lipinski definition) is 0. The predicted octanol–water partition coefficient (Wildman–Crippen LogP) is 12.5. The maximum atomic E-state index is 7.01. The fourth-order valence-corrected chi connectivity index (χ4v) is 7.54. The van der Waals surface area contributed by atoms with Gasteiger partial charge >= 0.3 is 8.16 Å². The second-order valence-corrected chi connectivity index (χ2v) is 12.5. The molecule has 0 aliphatic heterocycles. The first kappa shape index (κ1) is 29.4. The quantitative estimate of drug-likeness (QED) is 0.179. The van der Waals surface area contributed by atoms with Crippen LogP contribution in [0.4, 0.5) is 0 Å². The van der Waals surface area contributed by atoms with E-state index in [2.05, 4.69) is 152 Å². The molecular weight excluding hydrogens is 592 g/mol. The van der Waals surface area contributed by atoms with Crippen LogP contribution >= 0.6 is 31.4 Å². The van der Waals surface area contributed by atoms with Gasteiger partial charge in [-0.05, 0) is 58.7 Å². The SMILES string of the molecule is C[C@H](c1ccccc1)N([C@H](C)c1ccccc1)p1oc2ccc3ccccc3c2c2c(ccc3ccccc32)o1.ClCCl. The lowest BCUT2D eigenvalue weighted by atomic mass is 9.99. The van der Waals surface area contributed by atoms with Gasteiger partial charge in [0.15, 0.2) is 0 Å². The van der Waals surface area contributed by atoms with Crippen LogP contribution in [-0.2, 0) is 0 Å². The van der Waals surface area contributed by atoms with Crippen molar-refractivity contribution in [3.63, 3.8) is 0 Å². The highest BCUT2D eigenvalue weighted by molar-refractivity contribution is 7.39. The van der Waals surface area contributed by atoms with Crippen molar-refractivity contribution in [3.8, 4) is 0 Å². The number of alkyl halides is 2. The Morgan fingerprint density at radius 2 is 0.907 bits per heavy atom. The minimum atomic E-state index is -1.54. The molecule has 0 aliphatic carbocycles. The lowest BCUT2D eigenvalue weighted by Crippen LogP contribution is -2.27. The first-order chi connectivity index (χ1) is 21.1. The number of nitrogens with zero attached hydrogens (tertiary/aromatic N) is 1. The Hall–Kier alpha value is -3.72. The third kappa shape index (κ3) is 5.92. The van der Waals surface area contributed by atoms with Crippen molar-refractivity contribution in [2.45, 2.75) is 25.9 Å². The van der Waals surface area contributed by atoms with Crippen LogP contribution in [0.2, 0.25) is 0 Å². The van der Waals surface area contributed by atoms with Crippen molar-refractivity contribution in [3.05, 3.63) is 145 Å². The van der Waals surface area contributed by atoms with Crippen molar-refractivity contribution < 1.29 is 8.39 Å². The average Bonchev–Trinajstić information content (AvgIpc) is 3.23. The third-order valence-electron chi connectivity index (χ3n) is 7.93. The zero-order valence-corrected chi connectivity index (χ0v) is 26.4. The number of halogens is 2. The monoisotopic (exact) mass is 623 g/mol. The number of hydrogen-bond acceptors (Lipinski definition) is 3.